The summed E-state index contributed by atoms with van der Waals surface area (Å²) in [5, 5.41) is 5.40. The molecule has 1 saturated heterocycles. The van der Waals surface area contributed by atoms with E-state index in [9.17, 15) is 18.0 Å². The van der Waals surface area contributed by atoms with Crippen molar-refractivity contribution in [2.45, 2.75) is 30.7 Å². The number of anilines is 1. The number of carbonyl (C=O) groups excluding carboxylic acids is 2. The average molecular weight is 417 g/mol. The molecule has 154 valence electrons. The number of aromatic nitrogens is 1. The predicted octanol–water partition coefficient (Wildman–Crippen LogP) is 1.63. The Kier molecular flexibility index (Phi) is 6.60. The molecule has 1 aromatic carbocycles. The highest BCUT2D eigenvalue weighted by Crippen LogP contribution is 2.24. The first kappa shape index (κ1) is 20.9. The van der Waals surface area contributed by atoms with Crippen LogP contribution in [0.15, 0.2) is 59.8 Å². The van der Waals surface area contributed by atoms with Gasteiger partial charge in [0.05, 0.1) is 10.8 Å². The molecule has 2 N–H and O–H groups in total. The molecule has 2 heterocycles. The zero-order chi connectivity index (χ0) is 20.9. The van der Waals surface area contributed by atoms with E-state index in [0.29, 0.717) is 25.1 Å². The maximum absolute atomic E-state index is 12.8. The number of piperidine rings is 1. The van der Waals surface area contributed by atoms with E-state index >= 15 is 0 Å². The summed E-state index contributed by atoms with van der Waals surface area (Å²) >= 11 is 0. The minimum absolute atomic E-state index is 0.0990. The zero-order valence-electron chi connectivity index (χ0n) is 16.1. The van der Waals surface area contributed by atoms with Gasteiger partial charge in [-0.2, -0.15) is 4.31 Å². The SMILES string of the molecule is C[C@@H](NC(=O)C1CCCN(S(=O)(=O)c2ccccc2)C1)C(=O)Nc1ccncc1. The Morgan fingerprint density at radius 3 is 2.52 bits per heavy atom. The molecule has 8 nitrogen and oxygen atoms in total. The Morgan fingerprint density at radius 2 is 1.83 bits per heavy atom. The van der Waals surface area contributed by atoms with Crippen molar-refractivity contribution in [1.29, 1.82) is 0 Å². The molecule has 0 aliphatic carbocycles. The molecule has 29 heavy (non-hydrogen) atoms. The minimum atomic E-state index is -3.65. The summed E-state index contributed by atoms with van der Waals surface area (Å²) in [5.74, 6) is -1.18. The lowest BCUT2D eigenvalue weighted by atomic mass is 9.98. The van der Waals surface area contributed by atoms with Crippen LogP contribution in [0.2, 0.25) is 0 Å². The summed E-state index contributed by atoms with van der Waals surface area (Å²) in [6.45, 7) is 2.07. The van der Waals surface area contributed by atoms with Crippen LogP contribution in [0.25, 0.3) is 0 Å². The zero-order valence-corrected chi connectivity index (χ0v) is 16.9. The molecule has 1 aliphatic rings. The van der Waals surface area contributed by atoms with Crippen LogP contribution in [0.4, 0.5) is 5.69 Å². The smallest absolute Gasteiger partial charge is 0.246 e. The second kappa shape index (κ2) is 9.15. The first-order valence-electron chi connectivity index (χ1n) is 9.44. The third-order valence-electron chi connectivity index (χ3n) is 4.84. The molecule has 1 aromatic heterocycles. The fourth-order valence-corrected chi connectivity index (χ4v) is 4.74. The minimum Gasteiger partial charge on any atom is -0.344 e. The molecule has 0 spiro atoms. The maximum Gasteiger partial charge on any atom is 0.246 e. The lowest BCUT2D eigenvalue weighted by Gasteiger charge is -2.31. The van der Waals surface area contributed by atoms with Crippen LogP contribution < -0.4 is 10.6 Å². The highest BCUT2D eigenvalue weighted by Gasteiger charge is 2.34. The van der Waals surface area contributed by atoms with Crippen molar-refractivity contribution < 1.29 is 18.0 Å². The Balaban J connectivity index is 1.60. The summed E-state index contributed by atoms with van der Waals surface area (Å²) in [7, 11) is -3.65. The van der Waals surface area contributed by atoms with Crippen LogP contribution in [0.3, 0.4) is 0 Å². The quantitative estimate of drug-likeness (QED) is 0.744. The Labute approximate surface area is 170 Å². The summed E-state index contributed by atoms with van der Waals surface area (Å²) in [4.78, 5) is 29.0. The van der Waals surface area contributed by atoms with Crippen molar-refractivity contribution in [2.24, 2.45) is 5.92 Å². The van der Waals surface area contributed by atoms with Crippen LogP contribution in [-0.2, 0) is 19.6 Å². The number of nitrogens with one attached hydrogen (secondary N) is 2. The molecular weight excluding hydrogens is 392 g/mol. The van der Waals surface area contributed by atoms with Gasteiger partial charge in [-0.1, -0.05) is 18.2 Å². The van der Waals surface area contributed by atoms with E-state index in [1.54, 1.807) is 61.8 Å². The molecule has 2 amide bonds. The first-order chi connectivity index (χ1) is 13.9. The van der Waals surface area contributed by atoms with Crippen molar-refractivity contribution in [3.05, 3.63) is 54.9 Å². The van der Waals surface area contributed by atoms with Gasteiger partial charge in [-0.15, -0.1) is 0 Å². The number of rotatable bonds is 6. The summed E-state index contributed by atoms with van der Waals surface area (Å²) < 4.78 is 27.0. The Hall–Kier alpha value is -2.78. The topological polar surface area (TPSA) is 108 Å². The first-order valence-corrected chi connectivity index (χ1v) is 10.9. The van der Waals surface area contributed by atoms with E-state index < -0.39 is 22.0 Å². The molecule has 0 saturated carbocycles. The standard InChI is InChI=1S/C20H24N4O4S/c1-15(19(25)23-17-9-11-21-12-10-17)22-20(26)16-6-5-13-24(14-16)29(27,28)18-7-3-2-4-8-18/h2-4,7-12,15-16H,5-6,13-14H2,1H3,(H,22,26)(H,21,23,25)/t15-,16?/m1/s1. The van der Waals surface area contributed by atoms with Crippen LogP contribution in [0.5, 0.6) is 0 Å². The molecule has 9 heteroatoms. The van der Waals surface area contributed by atoms with Gasteiger partial charge in [-0.3, -0.25) is 14.6 Å². The summed E-state index contributed by atoms with van der Waals surface area (Å²) in [6, 6.07) is 10.7. The molecule has 1 unspecified atom stereocenters. The van der Waals surface area contributed by atoms with Gasteiger partial charge < -0.3 is 10.6 Å². The van der Waals surface area contributed by atoms with Crippen LogP contribution in [-0.4, -0.2) is 48.7 Å². The van der Waals surface area contributed by atoms with Crippen molar-refractivity contribution in [2.75, 3.05) is 18.4 Å². The van der Waals surface area contributed by atoms with Gasteiger partial charge >= 0.3 is 0 Å². The third-order valence-corrected chi connectivity index (χ3v) is 6.72. The molecule has 3 rings (SSSR count). The molecule has 1 fully saturated rings. The van der Waals surface area contributed by atoms with Gasteiger partial charge in [-0.05, 0) is 44.0 Å². The molecule has 2 atom stereocenters. The third kappa shape index (κ3) is 5.18. The summed E-state index contributed by atoms with van der Waals surface area (Å²) in [6.07, 6.45) is 4.28. The van der Waals surface area contributed by atoms with Crippen molar-refractivity contribution >= 4 is 27.5 Å². The molecule has 0 bridgehead atoms. The normalized spacial score (nSPS) is 18.6. The van der Waals surface area contributed by atoms with Crippen molar-refractivity contribution in [3.8, 4) is 0 Å². The summed E-state index contributed by atoms with van der Waals surface area (Å²) in [5.41, 5.74) is 0.587. The van der Waals surface area contributed by atoms with Gasteiger partial charge in [0.2, 0.25) is 21.8 Å². The largest absolute Gasteiger partial charge is 0.344 e. The van der Waals surface area contributed by atoms with E-state index in [1.165, 1.54) is 4.31 Å². The predicted molar refractivity (Wildman–Crippen MR) is 108 cm³/mol. The number of nitrogens with zero attached hydrogens (tertiary/aromatic N) is 2. The number of hydrogen-bond acceptors (Lipinski definition) is 5. The second-order valence-corrected chi connectivity index (χ2v) is 8.91. The lowest BCUT2D eigenvalue weighted by Crippen LogP contribution is -2.49. The van der Waals surface area contributed by atoms with E-state index in [2.05, 4.69) is 15.6 Å². The maximum atomic E-state index is 12.8. The van der Waals surface area contributed by atoms with Crippen molar-refractivity contribution in [1.82, 2.24) is 14.6 Å². The highest BCUT2D eigenvalue weighted by molar-refractivity contribution is 7.89. The van der Waals surface area contributed by atoms with E-state index in [0.717, 1.165) is 0 Å². The van der Waals surface area contributed by atoms with E-state index in [1.807, 2.05) is 0 Å². The number of benzene rings is 1. The monoisotopic (exact) mass is 416 g/mol. The molecule has 1 aliphatic heterocycles. The van der Waals surface area contributed by atoms with Crippen LogP contribution in [0.1, 0.15) is 19.8 Å². The number of pyridine rings is 1. The Bertz CT molecular complexity index is 951. The van der Waals surface area contributed by atoms with Gasteiger partial charge in [-0.25, -0.2) is 8.42 Å². The molecule has 0 radical (unpaired) electrons. The lowest BCUT2D eigenvalue weighted by molar-refractivity contribution is -0.129. The fraction of sp³-hybridized carbons (Fsp3) is 0.350. The van der Waals surface area contributed by atoms with Crippen molar-refractivity contribution in [3.63, 3.8) is 0 Å². The van der Waals surface area contributed by atoms with Gasteiger partial charge in [0.25, 0.3) is 0 Å². The number of hydrogen-bond donors (Lipinski definition) is 2. The number of carbonyl (C=O) groups is 2. The number of amides is 2. The van der Waals surface area contributed by atoms with Crippen LogP contribution in [0, 0.1) is 5.92 Å². The van der Waals surface area contributed by atoms with Gasteiger partial charge in [0.15, 0.2) is 0 Å². The second-order valence-electron chi connectivity index (χ2n) is 6.97. The van der Waals surface area contributed by atoms with E-state index in [4.69, 9.17) is 0 Å². The average Bonchev–Trinajstić information content (AvgIpc) is 2.75. The number of sulfonamides is 1. The Morgan fingerprint density at radius 1 is 1.14 bits per heavy atom. The highest BCUT2D eigenvalue weighted by atomic mass is 32.2. The molecular formula is C20H24N4O4S. The van der Waals surface area contributed by atoms with Gasteiger partial charge in [0.1, 0.15) is 6.04 Å². The fourth-order valence-electron chi connectivity index (χ4n) is 3.20. The van der Waals surface area contributed by atoms with E-state index in [-0.39, 0.29) is 23.3 Å². The van der Waals surface area contributed by atoms with Crippen LogP contribution >= 0.6 is 0 Å². The molecule has 2 aromatic rings. The van der Waals surface area contributed by atoms with Gasteiger partial charge in [0, 0.05) is 31.2 Å².